The van der Waals surface area contributed by atoms with Crippen LogP contribution < -0.4 is 5.46 Å². The van der Waals surface area contributed by atoms with Crippen LogP contribution in [-0.2, 0) is 0 Å². The second-order valence-corrected chi connectivity index (χ2v) is 4.05. The summed E-state index contributed by atoms with van der Waals surface area (Å²) in [5, 5.41) is 0. The van der Waals surface area contributed by atoms with Gasteiger partial charge in [0.25, 0.3) is 0 Å². The first kappa shape index (κ1) is 12.3. The predicted octanol–water partition coefficient (Wildman–Crippen LogP) is 3.46. The van der Waals surface area contributed by atoms with Crippen molar-refractivity contribution in [1.29, 1.82) is 0 Å². The Morgan fingerprint density at radius 1 is 1.20 bits per heavy atom. The molecule has 0 bridgehead atoms. The lowest BCUT2D eigenvalue weighted by Gasteiger charge is -2.04. The molecule has 0 aromatic heterocycles. The molecule has 0 heterocycles. The number of aryl methyl sites for hydroxylation is 1. The fourth-order valence-corrected chi connectivity index (χ4v) is 1.66. The normalized spacial score (nSPS) is 10.3. The van der Waals surface area contributed by atoms with Crippen molar-refractivity contribution in [3.05, 3.63) is 29.6 Å². The molecule has 0 N–H and O–H groups in total. The van der Waals surface area contributed by atoms with E-state index in [-0.39, 0.29) is 5.82 Å². The van der Waals surface area contributed by atoms with Gasteiger partial charge in [0, 0.05) is 0 Å². The van der Waals surface area contributed by atoms with E-state index in [4.69, 9.17) is 0 Å². The molecule has 0 aliphatic heterocycles. The number of benzene rings is 1. The molecule has 1 aromatic rings. The molecule has 1 aromatic carbocycles. The zero-order chi connectivity index (χ0) is 11.1. The number of hydrogen-bond donors (Lipinski definition) is 0. The first-order valence-corrected chi connectivity index (χ1v) is 5.83. The monoisotopic (exact) mass is 205 g/mol. The van der Waals surface area contributed by atoms with Crippen LogP contribution in [0.4, 0.5) is 4.39 Å². The number of unbranched alkanes of at least 4 members (excludes halogenated alkanes) is 3. The first-order valence-electron chi connectivity index (χ1n) is 5.83. The summed E-state index contributed by atoms with van der Waals surface area (Å²) in [5.74, 6) is -0.139. The zero-order valence-corrected chi connectivity index (χ0v) is 9.72. The highest BCUT2D eigenvalue weighted by molar-refractivity contribution is 6.53. The highest BCUT2D eigenvalue weighted by atomic mass is 19.1. The van der Waals surface area contributed by atoms with Crippen LogP contribution in [0.15, 0.2) is 18.2 Å². The van der Waals surface area contributed by atoms with Crippen LogP contribution in [0.2, 0.25) is 6.32 Å². The van der Waals surface area contributed by atoms with Crippen molar-refractivity contribution >= 4 is 12.7 Å². The highest BCUT2D eigenvalue weighted by Crippen LogP contribution is 2.04. The fraction of sp³-hybridized carbons (Fsp3) is 0.538. The highest BCUT2D eigenvalue weighted by Gasteiger charge is 2.01. The van der Waals surface area contributed by atoms with Crippen LogP contribution in [0, 0.1) is 12.7 Å². The molecule has 0 saturated carbocycles. The van der Waals surface area contributed by atoms with Gasteiger partial charge in [-0.25, -0.2) is 4.39 Å². The maximum atomic E-state index is 13.0. The zero-order valence-electron chi connectivity index (χ0n) is 9.72. The molecule has 0 saturated heterocycles. The third kappa shape index (κ3) is 4.50. The Balaban J connectivity index is 2.33. The van der Waals surface area contributed by atoms with E-state index in [0.717, 1.165) is 17.3 Å². The van der Waals surface area contributed by atoms with Crippen molar-refractivity contribution in [2.45, 2.75) is 45.9 Å². The third-order valence-electron chi connectivity index (χ3n) is 2.66. The fourth-order valence-electron chi connectivity index (χ4n) is 1.66. The average molecular weight is 205 g/mol. The van der Waals surface area contributed by atoms with Crippen molar-refractivity contribution in [1.82, 2.24) is 0 Å². The smallest absolute Gasteiger partial charge is 0.152 e. The largest absolute Gasteiger partial charge is 0.207 e. The van der Waals surface area contributed by atoms with Crippen molar-refractivity contribution in [2.24, 2.45) is 0 Å². The van der Waals surface area contributed by atoms with Gasteiger partial charge in [0.1, 0.15) is 5.82 Å². The molecule has 0 atom stereocenters. The topological polar surface area (TPSA) is 0 Å². The third-order valence-corrected chi connectivity index (χ3v) is 2.66. The molecule has 0 spiro atoms. The summed E-state index contributed by atoms with van der Waals surface area (Å²) in [4.78, 5) is 0. The standard InChI is InChI=1S/C13H19BF/c1-3-4-5-6-9-14-13-10-12(15)8-7-11(13)2/h7-8,10H,3-6,9H2,1-2H3. The van der Waals surface area contributed by atoms with Gasteiger partial charge in [-0.1, -0.05) is 56.0 Å². The quantitative estimate of drug-likeness (QED) is 0.492. The first-order chi connectivity index (χ1) is 7.24. The molecule has 0 aliphatic rings. The molecule has 15 heavy (non-hydrogen) atoms. The maximum Gasteiger partial charge on any atom is 0.152 e. The van der Waals surface area contributed by atoms with Crippen molar-refractivity contribution in [3.63, 3.8) is 0 Å². The van der Waals surface area contributed by atoms with E-state index in [9.17, 15) is 4.39 Å². The molecule has 0 nitrogen and oxygen atoms in total. The van der Waals surface area contributed by atoms with E-state index in [2.05, 4.69) is 14.2 Å². The van der Waals surface area contributed by atoms with Gasteiger partial charge in [-0.05, 0) is 19.1 Å². The van der Waals surface area contributed by atoms with Crippen LogP contribution in [0.5, 0.6) is 0 Å². The van der Waals surface area contributed by atoms with Crippen molar-refractivity contribution < 1.29 is 4.39 Å². The van der Waals surface area contributed by atoms with E-state index < -0.39 is 0 Å². The van der Waals surface area contributed by atoms with E-state index in [1.165, 1.54) is 31.7 Å². The second-order valence-electron chi connectivity index (χ2n) is 4.05. The lowest BCUT2D eigenvalue weighted by Crippen LogP contribution is -2.17. The molecule has 0 fully saturated rings. The lowest BCUT2D eigenvalue weighted by atomic mass is 9.64. The summed E-state index contributed by atoms with van der Waals surface area (Å²) >= 11 is 0. The second kappa shape index (κ2) is 6.65. The minimum Gasteiger partial charge on any atom is -0.207 e. The van der Waals surface area contributed by atoms with Crippen LogP contribution in [0.25, 0.3) is 0 Å². The SMILES string of the molecule is CCCCCC[B]c1cc(F)ccc1C. The summed E-state index contributed by atoms with van der Waals surface area (Å²) in [6.07, 6.45) is 6.12. The Morgan fingerprint density at radius 2 is 2.00 bits per heavy atom. The van der Waals surface area contributed by atoms with Gasteiger partial charge in [0.15, 0.2) is 7.28 Å². The summed E-state index contributed by atoms with van der Waals surface area (Å²) in [5.41, 5.74) is 2.21. The van der Waals surface area contributed by atoms with Crippen LogP contribution in [-0.4, -0.2) is 7.28 Å². The Morgan fingerprint density at radius 3 is 2.73 bits per heavy atom. The minimum absolute atomic E-state index is 0.139. The van der Waals surface area contributed by atoms with Gasteiger partial charge in [-0.3, -0.25) is 0 Å². The van der Waals surface area contributed by atoms with Gasteiger partial charge in [0.05, 0.1) is 0 Å². The van der Waals surface area contributed by atoms with Crippen molar-refractivity contribution in [3.8, 4) is 0 Å². The molecule has 0 unspecified atom stereocenters. The molecule has 0 amide bonds. The predicted molar refractivity (Wildman–Crippen MR) is 65.5 cm³/mol. The van der Waals surface area contributed by atoms with Gasteiger partial charge in [-0.2, -0.15) is 0 Å². The van der Waals surface area contributed by atoms with Gasteiger partial charge in [-0.15, -0.1) is 0 Å². The van der Waals surface area contributed by atoms with Gasteiger partial charge >= 0.3 is 0 Å². The van der Waals surface area contributed by atoms with E-state index >= 15 is 0 Å². The average Bonchev–Trinajstić information content (AvgIpc) is 2.23. The summed E-state index contributed by atoms with van der Waals surface area (Å²) in [6, 6.07) is 4.98. The summed E-state index contributed by atoms with van der Waals surface area (Å²) < 4.78 is 13.0. The molecular weight excluding hydrogens is 186 g/mol. The molecule has 1 radical (unpaired) electrons. The Kier molecular flexibility index (Phi) is 5.45. The summed E-state index contributed by atoms with van der Waals surface area (Å²) in [7, 11) is 2.15. The Bertz CT molecular complexity index is 297. The Hall–Kier alpha value is -0.785. The Labute approximate surface area is 93.1 Å². The van der Waals surface area contributed by atoms with E-state index in [1.54, 1.807) is 6.07 Å². The molecular formula is C13H19BF. The molecule has 2 heteroatoms. The van der Waals surface area contributed by atoms with Crippen LogP contribution in [0.1, 0.15) is 38.2 Å². The number of rotatable bonds is 6. The van der Waals surface area contributed by atoms with Crippen LogP contribution >= 0.6 is 0 Å². The minimum atomic E-state index is -0.139. The van der Waals surface area contributed by atoms with Crippen LogP contribution in [0.3, 0.4) is 0 Å². The molecule has 1 rings (SSSR count). The molecule has 0 aliphatic carbocycles. The number of hydrogen-bond acceptors (Lipinski definition) is 0. The number of halogens is 1. The summed E-state index contributed by atoms with van der Waals surface area (Å²) in [6.45, 7) is 4.23. The lowest BCUT2D eigenvalue weighted by molar-refractivity contribution is 0.628. The molecule has 81 valence electrons. The van der Waals surface area contributed by atoms with Gasteiger partial charge in [0.2, 0.25) is 0 Å². The van der Waals surface area contributed by atoms with Gasteiger partial charge < -0.3 is 0 Å². The van der Waals surface area contributed by atoms with E-state index in [1.807, 2.05) is 13.0 Å². The van der Waals surface area contributed by atoms with Crippen molar-refractivity contribution in [2.75, 3.05) is 0 Å². The maximum absolute atomic E-state index is 13.0. The van der Waals surface area contributed by atoms with E-state index in [0.29, 0.717) is 0 Å².